The molecule has 0 aliphatic heterocycles. The molecule has 1 aromatic carbocycles. The van der Waals surface area contributed by atoms with E-state index in [0.717, 1.165) is 16.7 Å². The zero-order valence-corrected chi connectivity index (χ0v) is 11.6. The third kappa shape index (κ3) is 1.85. The Kier molecular flexibility index (Phi) is 2.60. The minimum absolute atomic E-state index is 0.186. The lowest BCUT2D eigenvalue weighted by Gasteiger charge is -2.07. The number of aromatic nitrogens is 4. The van der Waals surface area contributed by atoms with E-state index in [1.807, 2.05) is 26.0 Å². The Bertz CT molecular complexity index is 875. The number of rotatable bonds is 1. The fraction of sp³-hybridized carbons (Fsp3) is 0.214. The first-order valence-corrected chi connectivity index (χ1v) is 6.29. The van der Waals surface area contributed by atoms with Crippen LogP contribution in [0.4, 0.5) is 5.69 Å². The van der Waals surface area contributed by atoms with Gasteiger partial charge in [0.1, 0.15) is 0 Å². The number of aryl methyl sites for hydroxylation is 3. The summed E-state index contributed by atoms with van der Waals surface area (Å²) in [5, 5.41) is 2.95. The van der Waals surface area contributed by atoms with Crippen LogP contribution < -0.4 is 11.3 Å². The molecule has 0 saturated carbocycles. The number of benzene rings is 1. The SMILES string of the molecule is Cc1cc(C)c(N)c(-c2nc3nc(C)cc(=O)n3[nH]2)c1. The van der Waals surface area contributed by atoms with E-state index in [4.69, 9.17) is 5.73 Å². The highest BCUT2D eigenvalue weighted by molar-refractivity contribution is 5.75. The highest BCUT2D eigenvalue weighted by Crippen LogP contribution is 2.27. The van der Waals surface area contributed by atoms with E-state index in [-0.39, 0.29) is 5.56 Å². The summed E-state index contributed by atoms with van der Waals surface area (Å²) in [7, 11) is 0. The van der Waals surface area contributed by atoms with Gasteiger partial charge in [0.15, 0.2) is 5.82 Å². The quantitative estimate of drug-likeness (QED) is 0.656. The molecule has 0 unspecified atom stereocenters. The molecular weight excluding hydrogens is 254 g/mol. The molecule has 0 spiro atoms. The molecule has 0 radical (unpaired) electrons. The van der Waals surface area contributed by atoms with Crippen LogP contribution in [-0.2, 0) is 0 Å². The molecule has 0 saturated heterocycles. The van der Waals surface area contributed by atoms with Crippen LogP contribution in [-0.4, -0.2) is 19.6 Å². The van der Waals surface area contributed by atoms with Gasteiger partial charge < -0.3 is 5.73 Å². The zero-order chi connectivity index (χ0) is 14.4. The van der Waals surface area contributed by atoms with Gasteiger partial charge in [-0.2, -0.15) is 9.50 Å². The van der Waals surface area contributed by atoms with Crippen LogP contribution in [0.2, 0.25) is 0 Å². The average Bonchev–Trinajstić information content (AvgIpc) is 2.77. The van der Waals surface area contributed by atoms with Gasteiger partial charge in [0.2, 0.25) is 0 Å². The molecule has 0 bridgehead atoms. The van der Waals surface area contributed by atoms with Crippen molar-refractivity contribution < 1.29 is 0 Å². The molecule has 3 rings (SSSR count). The van der Waals surface area contributed by atoms with Crippen LogP contribution in [0.5, 0.6) is 0 Å². The normalized spacial score (nSPS) is 11.2. The van der Waals surface area contributed by atoms with Crippen molar-refractivity contribution >= 4 is 11.5 Å². The lowest BCUT2D eigenvalue weighted by Crippen LogP contribution is -2.14. The van der Waals surface area contributed by atoms with Gasteiger partial charge in [-0.05, 0) is 38.0 Å². The summed E-state index contributed by atoms with van der Waals surface area (Å²) >= 11 is 0. The molecule has 20 heavy (non-hydrogen) atoms. The van der Waals surface area contributed by atoms with Crippen molar-refractivity contribution in [3.63, 3.8) is 0 Å². The number of nitrogens with two attached hydrogens (primary N) is 1. The standard InChI is InChI=1S/C14H15N5O/c1-7-4-8(2)12(15)10(5-7)13-17-14-16-9(3)6-11(20)19(14)18-13/h4-6H,15H2,1-3H3,(H,16,17,18). The van der Waals surface area contributed by atoms with E-state index in [0.29, 0.717) is 23.0 Å². The number of hydrogen-bond acceptors (Lipinski definition) is 4. The van der Waals surface area contributed by atoms with Crippen molar-refractivity contribution in [1.82, 2.24) is 19.6 Å². The highest BCUT2D eigenvalue weighted by Gasteiger charge is 2.12. The van der Waals surface area contributed by atoms with Crippen molar-refractivity contribution in [1.29, 1.82) is 0 Å². The second kappa shape index (κ2) is 4.19. The Balaban J connectivity index is 2.31. The molecule has 0 atom stereocenters. The monoisotopic (exact) mass is 269 g/mol. The van der Waals surface area contributed by atoms with Crippen LogP contribution in [0.25, 0.3) is 17.2 Å². The van der Waals surface area contributed by atoms with Gasteiger partial charge in [-0.15, -0.1) is 0 Å². The molecule has 6 heteroatoms. The highest BCUT2D eigenvalue weighted by atomic mass is 16.1. The molecule has 0 aliphatic carbocycles. The number of aromatic amines is 1. The summed E-state index contributed by atoms with van der Waals surface area (Å²) < 4.78 is 1.32. The maximum absolute atomic E-state index is 11.9. The van der Waals surface area contributed by atoms with E-state index in [9.17, 15) is 4.79 Å². The molecule has 3 aromatic rings. The molecule has 0 fully saturated rings. The van der Waals surface area contributed by atoms with E-state index in [1.165, 1.54) is 10.6 Å². The Morgan fingerprint density at radius 2 is 1.90 bits per heavy atom. The number of anilines is 1. The summed E-state index contributed by atoms with van der Waals surface area (Å²) in [4.78, 5) is 20.5. The first kappa shape index (κ1) is 12.4. The van der Waals surface area contributed by atoms with Crippen molar-refractivity contribution in [2.45, 2.75) is 20.8 Å². The van der Waals surface area contributed by atoms with Crippen LogP contribution in [0.1, 0.15) is 16.8 Å². The largest absolute Gasteiger partial charge is 0.398 e. The topological polar surface area (TPSA) is 89.1 Å². The Hall–Kier alpha value is -2.63. The maximum atomic E-state index is 11.9. The number of nitrogen functional groups attached to an aromatic ring is 1. The van der Waals surface area contributed by atoms with Crippen molar-refractivity contribution in [2.24, 2.45) is 0 Å². The Morgan fingerprint density at radius 1 is 1.15 bits per heavy atom. The third-order valence-corrected chi connectivity index (χ3v) is 3.24. The smallest absolute Gasteiger partial charge is 0.274 e. The Morgan fingerprint density at radius 3 is 2.65 bits per heavy atom. The predicted octanol–water partition coefficient (Wildman–Crippen LogP) is 1.59. The molecule has 102 valence electrons. The number of nitrogens with zero attached hydrogens (tertiary/aromatic N) is 3. The summed E-state index contributed by atoms with van der Waals surface area (Å²) in [6.07, 6.45) is 0. The molecule has 6 nitrogen and oxygen atoms in total. The van der Waals surface area contributed by atoms with E-state index in [1.54, 1.807) is 6.92 Å². The Labute approximate surface area is 115 Å². The van der Waals surface area contributed by atoms with Gasteiger partial charge in [-0.25, -0.2) is 4.98 Å². The predicted molar refractivity (Wildman–Crippen MR) is 77.7 cm³/mol. The third-order valence-electron chi connectivity index (χ3n) is 3.24. The van der Waals surface area contributed by atoms with Gasteiger partial charge in [-0.3, -0.25) is 9.89 Å². The summed E-state index contributed by atoms with van der Waals surface area (Å²) in [6, 6.07) is 5.41. The molecule has 0 amide bonds. The van der Waals surface area contributed by atoms with Crippen LogP contribution in [0, 0.1) is 20.8 Å². The summed E-state index contributed by atoms with van der Waals surface area (Å²) in [6.45, 7) is 5.71. The average molecular weight is 269 g/mol. The molecule has 2 aromatic heterocycles. The maximum Gasteiger partial charge on any atom is 0.274 e. The lowest BCUT2D eigenvalue weighted by molar-refractivity contribution is 0.892. The van der Waals surface area contributed by atoms with Crippen molar-refractivity contribution in [2.75, 3.05) is 5.73 Å². The van der Waals surface area contributed by atoms with Crippen LogP contribution >= 0.6 is 0 Å². The molecule has 0 aliphatic rings. The lowest BCUT2D eigenvalue weighted by atomic mass is 10.0. The number of fused-ring (bicyclic) bond motifs is 1. The minimum Gasteiger partial charge on any atom is -0.398 e. The molecular formula is C14H15N5O. The van der Waals surface area contributed by atoms with Crippen molar-refractivity contribution in [3.05, 3.63) is 45.4 Å². The fourth-order valence-corrected chi connectivity index (χ4v) is 2.29. The fourth-order valence-electron chi connectivity index (χ4n) is 2.29. The van der Waals surface area contributed by atoms with E-state index >= 15 is 0 Å². The van der Waals surface area contributed by atoms with Gasteiger partial charge in [-0.1, -0.05) is 6.07 Å². The first-order chi connectivity index (χ1) is 9.45. The van der Waals surface area contributed by atoms with Crippen molar-refractivity contribution in [3.8, 4) is 11.4 Å². The zero-order valence-electron chi connectivity index (χ0n) is 11.6. The van der Waals surface area contributed by atoms with Gasteiger partial charge in [0, 0.05) is 23.0 Å². The number of hydrogen-bond donors (Lipinski definition) is 2. The van der Waals surface area contributed by atoms with Gasteiger partial charge in [0.25, 0.3) is 11.3 Å². The van der Waals surface area contributed by atoms with E-state index in [2.05, 4.69) is 15.1 Å². The van der Waals surface area contributed by atoms with Gasteiger partial charge in [0.05, 0.1) is 0 Å². The van der Waals surface area contributed by atoms with Gasteiger partial charge >= 0.3 is 0 Å². The summed E-state index contributed by atoms with van der Waals surface area (Å²) in [5.41, 5.74) is 10.1. The molecule has 3 N–H and O–H groups in total. The van der Waals surface area contributed by atoms with Crippen LogP contribution in [0.15, 0.2) is 23.0 Å². The summed E-state index contributed by atoms with van der Waals surface area (Å²) in [5.74, 6) is 0.896. The van der Waals surface area contributed by atoms with Crippen LogP contribution in [0.3, 0.4) is 0 Å². The molecule has 2 heterocycles. The number of nitrogens with one attached hydrogen (secondary N) is 1. The second-order valence-electron chi connectivity index (χ2n) is 4.99. The number of H-pyrrole nitrogens is 1. The minimum atomic E-state index is -0.186. The second-order valence-corrected chi connectivity index (χ2v) is 4.99. The van der Waals surface area contributed by atoms with E-state index < -0.39 is 0 Å². The first-order valence-electron chi connectivity index (χ1n) is 6.29.